The van der Waals surface area contributed by atoms with E-state index in [1.54, 1.807) is 36.2 Å². The molecule has 0 saturated heterocycles. The maximum Gasteiger partial charge on any atom is 0.256 e. The molecule has 3 rings (SSSR count). The predicted molar refractivity (Wildman–Crippen MR) is 98.2 cm³/mol. The average Bonchev–Trinajstić information content (AvgIpc) is 2.94. The molecule has 0 aliphatic heterocycles. The summed E-state index contributed by atoms with van der Waals surface area (Å²) in [6, 6.07) is 9.07. The second-order valence-electron chi connectivity index (χ2n) is 6.99. The van der Waals surface area contributed by atoms with Gasteiger partial charge in [-0.25, -0.2) is 0 Å². The van der Waals surface area contributed by atoms with Crippen LogP contribution >= 0.6 is 0 Å². The van der Waals surface area contributed by atoms with Gasteiger partial charge in [0.2, 0.25) is 0 Å². The summed E-state index contributed by atoms with van der Waals surface area (Å²) in [5.41, 5.74) is 2.10. The van der Waals surface area contributed by atoms with Crippen LogP contribution in [0, 0.1) is 0 Å². The molecule has 0 fully saturated rings. The lowest BCUT2D eigenvalue weighted by molar-refractivity contribution is 0.102. The van der Waals surface area contributed by atoms with E-state index in [9.17, 15) is 4.79 Å². The lowest BCUT2D eigenvalue weighted by Crippen LogP contribution is -2.14. The first kappa shape index (κ1) is 17.0. The van der Waals surface area contributed by atoms with Crippen LogP contribution in [0.25, 0.3) is 10.9 Å². The maximum atomic E-state index is 12.6. The highest BCUT2D eigenvalue weighted by atomic mass is 16.5. The first-order valence-corrected chi connectivity index (χ1v) is 8.08. The smallest absolute Gasteiger partial charge is 0.256 e. The fourth-order valence-electron chi connectivity index (χ4n) is 2.58. The van der Waals surface area contributed by atoms with E-state index < -0.39 is 0 Å². The zero-order valence-electron chi connectivity index (χ0n) is 15.1. The minimum Gasteiger partial charge on any atom is -0.496 e. The van der Waals surface area contributed by atoms with E-state index >= 15 is 0 Å². The zero-order valence-corrected chi connectivity index (χ0v) is 15.1. The molecule has 1 N–H and O–H groups in total. The lowest BCUT2D eigenvalue weighted by Gasteiger charge is -2.13. The third kappa shape index (κ3) is 3.33. The minimum atomic E-state index is -0.199. The number of anilines is 1. The molecule has 3 aromatic rings. The predicted octanol–water partition coefficient (Wildman–Crippen LogP) is 3.53. The van der Waals surface area contributed by atoms with Gasteiger partial charge < -0.3 is 10.1 Å². The Morgan fingerprint density at radius 3 is 2.60 bits per heavy atom. The second-order valence-corrected chi connectivity index (χ2v) is 6.99. The van der Waals surface area contributed by atoms with Gasteiger partial charge in [-0.05, 0) is 24.3 Å². The van der Waals surface area contributed by atoms with Crippen LogP contribution in [-0.2, 0) is 12.5 Å². The Labute approximate surface area is 146 Å². The molecule has 6 heteroatoms. The fourth-order valence-corrected chi connectivity index (χ4v) is 2.58. The van der Waals surface area contributed by atoms with E-state index in [0.717, 1.165) is 16.8 Å². The van der Waals surface area contributed by atoms with Crippen molar-refractivity contribution in [2.45, 2.75) is 26.2 Å². The number of aryl methyl sites for hydroxylation is 1. The molecule has 0 aliphatic carbocycles. The van der Waals surface area contributed by atoms with Gasteiger partial charge in [-0.15, -0.1) is 0 Å². The van der Waals surface area contributed by atoms with Gasteiger partial charge in [0, 0.05) is 35.7 Å². The topological polar surface area (TPSA) is 69.0 Å². The van der Waals surface area contributed by atoms with Crippen LogP contribution in [0.1, 0.15) is 36.8 Å². The number of carbonyl (C=O) groups is 1. The molecular formula is C19H22N4O2. The van der Waals surface area contributed by atoms with E-state index in [1.807, 2.05) is 19.2 Å². The van der Waals surface area contributed by atoms with E-state index in [1.165, 1.54) is 0 Å². The van der Waals surface area contributed by atoms with E-state index in [4.69, 9.17) is 4.74 Å². The quantitative estimate of drug-likeness (QED) is 0.793. The summed E-state index contributed by atoms with van der Waals surface area (Å²) < 4.78 is 7.00. The highest BCUT2D eigenvalue weighted by Crippen LogP contribution is 2.26. The number of rotatable bonds is 3. The van der Waals surface area contributed by atoms with Crippen molar-refractivity contribution in [3.63, 3.8) is 0 Å². The molecule has 0 atom stereocenters. The van der Waals surface area contributed by atoms with Crippen LogP contribution in [0.15, 0.2) is 36.5 Å². The van der Waals surface area contributed by atoms with E-state index in [-0.39, 0.29) is 11.3 Å². The van der Waals surface area contributed by atoms with Gasteiger partial charge in [0.15, 0.2) is 0 Å². The van der Waals surface area contributed by atoms with Gasteiger partial charge in [0.1, 0.15) is 11.6 Å². The Balaban J connectivity index is 1.89. The summed E-state index contributed by atoms with van der Waals surface area (Å²) in [5, 5.41) is 8.26. The molecule has 0 unspecified atom stereocenters. The average molecular weight is 338 g/mol. The van der Waals surface area contributed by atoms with Gasteiger partial charge in [-0.2, -0.15) is 5.10 Å². The molecular weight excluding hydrogens is 316 g/mol. The SMILES string of the molecule is COc1ccnc2cc(C(=O)Nc3cc(C(C)(C)C)nn3C)ccc12. The van der Waals surface area contributed by atoms with Crippen molar-refractivity contribution >= 4 is 22.6 Å². The Hall–Kier alpha value is -2.89. The Morgan fingerprint density at radius 2 is 1.96 bits per heavy atom. The highest BCUT2D eigenvalue weighted by molar-refractivity contribution is 6.06. The first-order valence-electron chi connectivity index (χ1n) is 8.08. The third-order valence-corrected chi connectivity index (χ3v) is 4.07. The summed E-state index contributed by atoms with van der Waals surface area (Å²) in [7, 11) is 3.43. The largest absolute Gasteiger partial charge is 0.496 e. The van der Waals surface area contributed by atoms with Gasteiger partial charge in [-0.1, -0.05) is 20.8 Å². The summed E-state index contributed by atoms with van der Waals surface area (Å²) in [6.45, 7) is 6.26. The number of hydrogen-bond acceptors (Lipinski definition) is 4. The van der Waals surface area contributed by atoms with Gasteiger partial charge in [-0.3, -0.25) is 14.5 Å². The number of carbonyl (C=O) groups excluding carboxylic acids is 1. The zero-order chi connectivity index (χ0) is 18.2. The molecule has 2 heterocycles. The molecule has 25 heavy (non-hydrogen) atoms. The van der Waals surface area contributed by atoms with Crippen molar-refractivity contribution in [1.82, 2.24) is 14.8 Å². The molecule has 0 spiro atoms. The molecule has 1 amide bonds. The van der Waals surface area contributed by atoms with E-state index in [2.05, 4.69) is 36.2 Å². The third-order valence-electron chi connectivity index (χ3n) is 4.07. The number of nitrogens with one attached hydrogen (secondary N) is 1. The van der Waals surface area contributed by atoms with Gasteiger partial charge in [0.05, 0.1) is 18.3 Å². The number of fused-ring (bicyclic) bond motifs is 1. The number of aromatic nitrogens is 3. The van der Waals surface area contributed by atoms with Crippen LogP contribution in [0.4, 0.5) is 5.82 Å². The fraction of sp³-hybridized carbons (Fsp3) is 0.316. The molecule has 0 radical (unpaired) electrons. The minimum absolute atomic E-state index is 0.0792. The van der Waals surface area contributed by atoms with Gasteiger partial charge in [0.25, 0.3) is 5.91 Å². The molecule has 2 aromatic heterocycles. The molecule has 130 valence electrons. The number of nitrogens with zero attached hydrogens (tertiary/aromatic N) is 3. The normalized spacial score (nSPS) is 11.6. The van der Waals surface area contributed by atoms with Crippen molar-refractivity contribution < 1.29 is 9.53 Å². The van der Waals surface area contributed by atoms with Crippen molar-refractivity contribution in [3.05, 3.63) is 47.8 Å². The monoisotopic (exact) mass is 338 g/mol. The highest BCUT2D eigenvalue weighted by Gasteiger charge is 2.20. The summed E-state index contributed by atoms with van der Waals surface area (Å²) >= 11 is 0. The number of amides is 1. The van der Waals surface area contributed by atoms with Crippen molar-refractivity contribution in [2.75, 3.05) is 12.4 Å². The Kier molecular flexibility index (Phi) is 4.20. The van der Waals surface area contributed by atoms with Crippen LogP contribution < -0.4 is 10.1 Å². The maximum absolute atomic E-state index is 12.6. The van der Waals surface area contributed by atoms with Crippen LogP contribution in [0.2, 0.25) is 0 Å². The number of ether oxygens (including phenoxy) is 1. The van der Waals surface area contributed by atoms with Crippen LogP contribution in [0.3, 0.4) is 0 Å². The molecule has 0 bridgehead atoms. The molecule has 1 aromatic carbocycles. The van der Waals surface area contributed by atoms with Crippen LogP contribution in [0.5, 0.6) is 5.75 Å². The second kappa shape index (κ2) is 6.20. The number of methoxy groups -OCH3 is 1. The number of benzene rings is 1. The summed E-state index contributed by atoms with van der Waals surface area (Å²) in [4.78, 5) is 16.9. The summed E-state index contributed by atoms with van der Waals surface area (Å²) in [6.07, 6.45) is 1.67. The number of pyridine rings is 1. The van der Waals surface area contributed by atoms with Gasteiger partial charge >= 0.3 is 0 Å². The Morgan fingerprint density at radius 1 is 1.20 bits per heavy atom. The first-order chi connectivity index (χ1) is 11.8. The molecule has 6 nitrogen and oxygen atoms in total. The van der Waals surface area contributed by atoms with E-state index in [0.29, 0.717) is 16.9 Å². The van der Waals surface area contributed by atoms with Crippen molar-refractivity contribution in [3.8, 4) is 5.75 Å². The van der Waals surface area contributed by atoms with Crippen LogP contribution in [-0.4, -0.2) is 27.8 Å². The Bertz CT molecular complexity index is 938. The number of hydrogen-bond donors (Lipinski definition) is 1. The van der Waals surface area contributed by atoms with Crippen molar-refractivity contribution in [2.24, 2.45) is 7.05 Å². The summed E-state index contributed by atoms with van der Waals surface area (Å²) in [5.74, 6) is 1.20. The lowest BCUT2D eigenvalue weighted by atomic mass is 9.92. The molecule has 0 aliphatic rings. The standard InChI is InChI=1S/C19H22N4O2/c1-19(2,3)16-11-17(23(4)22-16)21-18(24)12-6-7-13-14(10-12)20-9-8-15(13)25-5/h6-11H,1-5H3,(H,21,24). The molecule has 0 saturated carbocycles. The van der Waals surface area contributed by atoms with Crippen molar-refractivity contribution in [1.29, 1.82) is 0 Å².